The van der Waals surface area contributed by atoms with E-state index < -0.39 is 5.91 Å². The SMILES string of the molecule is CNCCCNC(=O)c1cc(OC)c(OC)cc1NC(=O)c1ccco1.Cl. The Bertz CT molecular complexity index is 750. The van der Waals surface area contributed by atoms with Gasteiger partial charge in [0.15, 0.2) is 17.3 Å². The summed E-state index contributed by atoms with van der Waals surface area (Å²) in [6.07, 6.45) is 2.18. The van der Waals surface area contributed by atoms with Crippen molar-refractivity contribution >= 4 is 29.9 Å². The molecule has 0 spiro atoms. The van der Waals surface area contributed by atoms with Crippen LogP contribution >= 0.6 is 12.4 Å². The van der Waals surface area contributed by atoms with E-state index >= 15 is 0 Å². The number of furan rings is 1. The summed E-state index contributed by atoms with van der Waals surface area (Å²) in [5.41, 5.74) is 0.571. The first kappa shape index (κ1) is 22.3. The second-order valence-electron chi connectivity index (χ2n) is 5.40. The summed E-state index contributed by atoms with van der Waals surface area (Å²) in [6, 6.07) is 6.22. The Labute approximate surface area is 164 Å². The molecule has 1 aromatic carbocycles. The molecule has 0 aliphatic rings. The van der Waals surface area contributed by atoms with E-state index in [0.717, 1.165) is 13.0 Å². The largest absolute Gasteiger partial charge is 0.493 e. The Balaban J connectivity index is 0.00000364. The molecule has 2 aromatic rings. The van der Waals surface area contributed by atoms with Crippen molar-refractivity contribution in [3.8, 4) is 11.5 Å². The van der Waals surface area contributed by atoms with Gasteiger partial charge in [-0.2, -0.15) is 0 Å². The normalized spacial score (nSPS) is 9.89. The molecule has 9 heteroatoms. The zero-order valence-corrected chi connectivity index (χ0v) is 16.3. The summed E-state index contributed by atoms with van der Waals surface area (Å²) in [5, 5.41) is 8.51. The van der Waals surface area contributed by atoms with Gasteiger partial charge in [-0.25, -0.2) is 0 Å². The Kier molecular flexibility index (Phi) is 9.18. The first-order chi connectivity index (χ1) is 12.6. The summed E-state index contributed by atoms with van der Waals surface area (Å²) in [4.78, 5) is 24.8. The van der Waals surface area contributed by atoms with Crippen LogP contribution in [0.1, 0.15) is 27.3 Å². The Morgan fingerprint density at radius 1 is 1.07 bits per heavy atom. The van der Waals surface area contributed by atoms with Crippen LogP contribution in [0.5, 0.6) is 11.5 Å². The number of methoxy groups -OCH3 is 2. The fourth-order valence-electron chi connectivity index (χ4n) is 2.32. The first-order valence-corrected chi connectivity index (χ1v) is 8.14. The molecule has 1 heterocycles. The second kappa shape index (κ2) is 11.1. The van der Waals surface area contributed by atoms with Crippen molar-refractivity contribution in [2.24, 2.45) is 0 Å². The predicted molar refractivity (Wildman–Crippen MR) is 104 cm³/mol. The number of hydrogen-bond donors (Lipinski definition) is 3. The Hall–Kier alpha value is -2.71. The zero-order valence-electron chi connectivity index (χ0n) is 15.5. The number of rotatable bonds is 9. The molecule has 0 atom stereocenters. The van der Waals surface area contributed by atoms with Crippen LogP contribution in [-0.4, -0.2) is 46.2 Å². The topological polar surface area (TPSA) is 102 Å². The number of carbonyl (C=O) groups excluding carboxylic acids is 2. The summed E-state index contributed by atoms with van der Waals surface area (Å²) in [6.45, 7) is 1.29. The van der Waals surface area contributed by atoms with Crippen LogP contribution < -0.4 is 25.4 Å². The van der Waals surface area contributed by atoms with Gasteiger partial charge in [0.05, 0.1) is 31.7 Å². The van der Waals surface area contributed by atoms with Crippen molar-refractivity contribution in [1.29, 1.82) is 0 Å². The van der Waals surface area contributed by atoms with Crippen molar-refractivity contribution in [1.82, 2.24) is 10.6 Å². The number of hydrogen-bond acceptors (Lipinski definition) is 6. The summed E-state index contributed by atoms with van der Waals surface area (Å²) >= 11 is 0. The maximum atomic E-state index is 12.6. The number of nitrogens with one attached hydrogen (secondary N) is 3. The Morgan fingerprint density at radius 2 is 1.78 bits per heavy atom. The minimum Gasteiger partial charge on any atom is -0.493 e. The van der Waals surface area contributed by atoms with Gasteiger partial charge in [-0.05, 0) is 38.2 Å². The van der Waals surface area contributed by atoms with Crippen molar-refractivity contribution in [3.63, 3.8) is 0 Å². The molecule has 0 aliphatic heterocycles. The van der Waals surface area contributed by atoms with Gasteiger partial charge in [0.1, 0.15) is 0 Å². The van der Waals surface area contributed by atoms with Crippen LogP contribution in [0.2, 0.25) is 0 Å². The third-order valence-electron chi connectivity index (χ3n) is 3.65. The van der Waals surface area contributed by atoms with Crippen LogP contribution in [0.3, 0.4) is 0 Å². The van der Waals surface area contributed by atoms with Crippen LogP contribution in [0.25, 0.3) is 0 Å². The van der Waals surface area contributed by atoms with Gasteiger partial charge in [-0.1, -0.05) is 0 Å². The van der Waals surface area contributed by atoms with Gasteiger partial charge < -0.3 is 29.8 Å². The molecule has 0 unspecified atom stereocenters. The highest BCUT2D eigenvalue weighted by Gasteiger charge is 2.19. The maximum Gasteiger partial charge on any atom is 0.291 e. The highest BCUT2D eigenvalue weighted by Crippen LogP contribution is 2.33. The second-order valence-corrected chi connectivity index (χ2v) is 5.40. The highest BCUT2D eigenvalue weighted by atomic mass is 35.5. The van der Waals surface area contributed by atoms with E-state index in [9.17, 15) is 9.59 Å². The molecule has 1 aromatic heterocycles. The van der Waals surface area contributed by atoms with Gasteiger partial charge in [0, 0.05) is 12.6 Å². The quantitative estimate of drug-likeness (QED) is 0.561. The molecule has 8 nitrogen and oxygen atoms in total. The lowest BCUT2D eigenvalue weighted by Crippen LogP contribution is -2.28. The molecule has 0 saturated carbocycles. The molecule has 3 N–H and O–H groups in total. The number of anilines is 1. The molecular formula is C18H24ClN3O5. The average Bonchev–Trinajstić information content (AvgIpc) is 3.19. The van der Waals surface area contributed by atoms with Crippen molar-refractivity contribution in [3.05, 3.63) is 41.9 Å². The number of ether oxygens (including phenoxy) is 2. The predicted octanol–water partition coefficient (Wildman–Crippen LogP) is 2.31. The molecule has 2 amide bonds. The van der Waals surface area contributed by atoms with E-state index in [1.54, 1.807) is 12.1 Å². The van der Waals surface area contributed by atoms with Crippen LogP contribution in [-0.2, 0) is 0 Å². The number of amides is 2. The Morgan fingerprint density at radius 3 is 2.37 bits per heavy atom. The molecule has 27 heavy (non-hydrogen) atoms. The van der Waals surface area contributed by atoms with E-state index in [2.05, 4.69) is 16.0 Å². The summed E-state index contributed by atoms with van der Waals surface area (Å²) in [7, 11) is 4.81. The minimum absolute atomic E-state index is 0. The third kappa shape index (κ3) is 5.90. The van der Waals surface area contributed by atoms with Gasteiger partial charge in [-0.15, -0.1) is 12.4 Å². The first-order valence-electron chi connectivity index (χ1n) is 8.14. The van der Waals surface area contributed by atoms with E-state index in [1.807, 2.05) is 7.05 Å². The minimum atomic E-state index is -0.466. The van der Waals surface area contributed by atoms with Gasteiger partial charge >= 0.3 is 0 Å². The van der Waals surface area contributed by atoms with Crippen molar-refractivity contribution in [2.75, 3.05) is 39.7 Å². The van der Waals surface area contributed by atoms with E-state index in [-0.39, 0.29) is 29.6 Å². The molecule has 2 rings (SSSR count). The van der Waals surface area contributed by atoms with Crippen molar-refractivity contribution in [2.45, 2.75) is 6.42 Å². The monoisotopic (exact) mass is 397 g/mol. The number of benzene rings is 1. The van der Waals surface area contributed by atoms with Crippen LogP contribution in [0.4, 0.5) is 5.69 Å². The lowest BCUT2D eigenvalue weighted by molar-refractivity contribution is 0.0953. The number of carbonyl (C=O) groups is 2. The van der Waals surface area contributed by atoms with E-state index in [4.69, 9.17) is 13.9 Å². The lowest BCUT2D eigenvalue weighted by Gasteiger charge is -2.15. The molecular weight excluding hydrogens is 374 g/mol. The summed E-state index contributed by atoms with van der Waals surface area (Å²) < 4.78 is 15.6. The van der Waals surface area contributed by atoms with E-state index in [0.29, 0.717) is 23.7 Å². The summed E-state index contributed by atoms with van der Waals surface area (Å²) in [5.74, 6) is 0.140. The molecule has 0 fully saturated rings. The third-order valence-corrected chi connectivity index (χ3v) is 3.65. The zero-order chi connectivity index (χ0) is 18.9. The number of halogens is 1. The van der Waals surface area contributed by atoms with Crippen LogP contribution in [0.15, 0.2) is 34.9 Å². The molecule has 0 radical (unpaired) electrons. The molecule has 0 bridgehead atoms. The fraction of sp³-hybridized carbons (Fsp3) is 0.333. The molecule has 0 aliphatic carbocycles. The standard InChI is InChI=1S/C18H23N3O5.ClH/c1-19-7-5-8-20-17(22)12-10-15(24-2)16(25-3)11-13(12)21-18(23)14-6-4-9-26-14;/h4,6,9-11,19H,5,7-8H2,1-3H3,(H,20,22)(H,21,23);1H. The average molecular weight is 398 g/mol. The molecule has 0 saturated heterocycles. The maximum absolute atomic E-state index is 12.6. The molecule has 148 valence electrons. The highest BCUT2D eigenvalue weighted by molar-refractivity contribution is 6.08. The van der Waals surface area contributed by atoms with Gasteiger partial charge in [0.2, 0.25) is 0 Å². The van der Waals surface area contributed by atoms with Crippen LogP contribution in [0, 0.1) is 0 Å². The van der Waals surface area contributed by atoms with Gasteiger partial charge in [-0.3, -0.25) is 9.59 Å². The van der Waals surface area contributed by atoms with Gasteiger partial charge in [0.25, 0.3) is 11.8 Å². The fourth-order valence-corrected chi connectivity index (χ4v) is 2.32. The van der Waals surface area contributed by atoms with Crippen molar-refractivity contribution < 1.29 is 23.5 Å². The lowest BCUT2D eigenvalue weighted by atomic mass is 10.1. The van der Waals surface area contributed by atoms with E-state index in [1.165, 1.54) is 32.6 Å². The smallest absolute Gasteiger partial charge is 0.291 e.